The molecule has 1 N–H and O–H groups in total. The molecule has 0 saturated carbocycles. The number of carbonyl (C=O) groups excluding carboxylic acids is 1. The molecule has 0 bridgehead atoms. The molecule has 118 valence electrons. The predicted octanol–water partition coefficient (Wildman–Crippen LogP) is 0.588. The van der Waals surface area contributed by atoms with E-state index in [4.69, 9.17) is 4.74 Å². The molecule has 0 aromatic carbocycles. The number of sulfonamides is 1. The van der Waals surface area contributed by atoms with E-state index in [9.17, 15) is 13.2 Å². The highest BCUT2D eigenvalue weighted by molar-refractivity contribution is 7.88. The summed E-state index contributed by atoms with van der Waals surface area (Å²) in [5.41, 5.74) is 0. The van der Waals surface area contributed by atoms with Crippen LogP contribution in [0, 0.1) is 5.92 Å². The molecule has 1 aliphatic heterocycles. The van der Waals surface area contributed by atoms with Gasteiger partial charge >= 0.3 is 0 Å². The van der Waals surface area contributed by atoms with Crippen LogP contribution in [0.3, 0.4) is 0 Å². The van der Waals surface area contributed by atoms with E-state index in [1.165, 1.54) is 0 Å². The average molecular weight is 306 g/mol. The Morgan fingerprint density at radius 2 is 2.05 bits per heavy atom. The van der Waals surface area contributed by atoms with Gasteiger partial charge in [-0.05, 0) is 25.7 Å². The van der Waals surface area contributed by atoms with Crippen LogP contribution in [0.5, 0.6) is 0 Å². The Bertz CT molecular complexity index is 422. The molecule has 0 aromatic heterocycles. The minimum absolute atomic E-state index is 0.0642. The van der Waals surface area contributed by atoms with Crippen LogP contribution in [0.2, 0.25) is 0 Å². The van der Waals surface area contributed by atoms with Gasteiger partial charge in [0.05, 0.1) is 6.26 Å². The van der Waals surface area contributed by atoms with Crippen molar-refractivity contribution in [2.24, 2.45) is 5.92 Å². The topological polar surface area (TPSA) is 75.7 Å². The molecular formula is C13H26N2O4S. The maximum Gasteiger partial charge on any atom is 0.251 e. The van der Waals surface area contributed by atoms with Crippen LogP contribution in [-0.4, -0.2) is 57.3 Å². The Morgan fingerprint density at radius 1 is 1.40 bits per heavy atom. The van der Waals surface area contributed by atoms with Gasteiger partial charge in [0.25, 0.3) is 5.91 Å². The number of carbonyl (C=O) groups is 1. The lowest BCUT2D eigenvalue weighted by Crippen LogP contribution is -2.51. The number of ether oxygens (including phenoxy) is 1. The van der Waals surface area contributed by atoms with Gasteiger partial charge in [0.2, 0.25) is 10.0 Å². The molecule has 6 nitrogen and oxygen atoms in total. The van der Waals surface area contributed by atoms with Gasteiger partial charge in [0, 0.05) is 25.7 Å². The molecule has 1 rings (SSSR count). The zero-order valence-corrected chi connectivity index (χ0v) is 13.6. The Balaban J connectivity index is 2.51. The van der Waals surface area contributed by atoms with Gasteiger partial charge in [0.1, 0.15) is 6.10 Å². The van der Waals surface area contributed by atoms with Crippen LogP contribution in [-0.2, 0) is 19.6 Å². The van der Waals surface area contributed by atoms with Crippen molar-refractivity contribution >= 4 is 15.9 Å². The van der Waals surface area contributed by atoms with Gasteiger partial charge in [-0.2, -0.15) is 0 Å². The molecule has 1 saturated heterocycles. The fraction of sp³-hybridized carbons (Fsp3) is 0.923. The van der Waals surface area contributed by atoms with Crippen molar-refractivity contribution in [1.29, 1.82) is 0 Å². The van der Waals surface area contributed by atoms with Crippen molar-refractivity contribution in [3.8, 4) is 0 Å². The lowest BCUT2D eigenvalue weighted by atomic mass is 10.1. The minimum Gasteiger partial charge on any atom is -0.368 e. The number of hydrogen-bond acceptors (Lipinski definition) is 4. The van der Waals surface area contributed by atoms with E-state index in [1.54, 1.807) is 11.8 Å². The second-order valence-corrected chi connectivity index (χ2v) is 7.66. The number of nitrogens with one attached hydrogen (secondary N) is 1. The first-order chi connectivity index (χ1) is 9.19. The fourth-order valence-corrected chi connectivity index (χ4v) is 3.04. The summed E-state index contributed by atoms with van der Waals surface area (Å²) in [7, 11) is -3.23. The summed E-state index contributed by atoms with van der Waals surface area (Å²) in [5.74, 6) is 0.317. The lowest BCUT2D eigenvalue weighted by Gasteiger charge is -2.34. The second kappa shape index (κ2) is 7.38. The van der Waals surface area contributed by atoms with E-state index in [1.807, 2.05) is 13.8 Å². The molecule has 7 heteroatoms. The van der Waals surface area contributed by atoms with Gasteiger partial charge in [-0.15, -0.1) is 0 Å². The van der Waals surface area contributed by atoms with Crippen LogP contribution in [0.4, 0.5) is 0 Å². The molecule has 0 spiro atoms. The monoisotopic (exact) mass is 306 g/mol. The average Bonchev–Trinajstić information content (AvgIpc) is 2.33. The maximum atomic E-state index is 12.2. The normalized spacial score (nSPS) is 22.1. The van der Waals surface area contributed by atoms with Crippen LogP contribution in [0.1, 0.15) is 33.6 Å². The number of piperidine rings is 1. The molecule has 0 aliphatic carbocycles. The van der Waals surface area contributed by atoms with Crippen molar-refractivity contribution in [2.75, 3.05) is 26.0 Å². The SMILES string of the molecule is CC(C)CO[C@@H](C)C(=O)N1CCC[C@@H](NS(C)(=O)=O)C1. The van der Waals surface area contributed by atoms with Crippen molar-refractivity contribution in [3.63, 3.8) is 0 Å². The largest absolute Gasteiger partial charge is 0.368 e. The van der Waals surface area contributed by atoms with Crippen molar-refractivity contribution in [3.05, 3.63) is 0 Å². The quantitative estimate of drug-likeness (QED) is 0.779. The smallest absolute Gasteiger partial charge is 0.251 e. The third-order valence-corrected chi connectivity index (χ3v) is 3.90. The number of rotatable bonds is 6. The summed E-state index contributed by atoms with van der Waals surface area (Å²) in [6, 6.07) is -0.194. The maximum absolute atomic E-state index is 12.2. The first kappa shape index (κ1) is 17.4. The molecule has 2 atom stereocenters. The highest BCUT2D eigenvalue weighted by Gasteiger charge is 2.28. The summed E-state index contributed by atoms with van der Waals surface area (Å²) in [5, 5.41) is 0. The summed E-state index contributed by atoms with van der Waals surface area (Å²) in [6.45, 7) is 7.44. The zero-order valence-electron chi connectivity index (χ0n) is 12.8. The summed E-state index contributed by atoms with van der Waals surface area (Å²) in [4.78, 5) is 13.9. The fourth-order valence-electron chi connectivity index (χ4n) is 2.24. The predicted molar refractivity (Wildman–Crippen MR) is 77.8 cm³/mol. The van der Waals surface area contributed by atoms with Crippen LogP contribution in [0.15, 0.2) is 0 Å². The van der Waals surface area contributed by atoms with Gasteiger partial charge in [-0.25, -0.2) is 13.1 Å². The lowest BCUT2D eigenvalue weighted by molar-refractivity contribution is -0.144. The molecular weight excluding hydrogens is 280 g/mol. The van der Waals surface area contributed by atoms with Crippen molar-refractivity contribution in [2.45, 2.75) is 45.8 Å². The van der Waals surface area contributed by atoms with Crippen LogP contribution in [0.25, 0.3) is 0 Å². The van der Waals surface area contributed by atoms with Gasteiger partial charge in [-0.1, -0.05) is 13.8 Å². The number of hydrogen-bond donors (Lipinski definition) is 1. The molecule has 0 radical (unpaired) electrons. The van der Waals surface area contributed by atoms with Gasteiger partial charge in [0.15, 0.2) is 0 Å². The highest BCUT2D eigenvalue weighted by Crippen LogP contribution is 2.13. The van der Waals surface area contributed by atoms with Crippen LogP contribution >= 0.6 is 0 Å². The van der Waals surface area contributed by atoms with E-state index >= 15 is 0 Å². The first-order valence-corrected chi connectivity index (χ1v) is 8.96. The number of nitrogens with zero attached hydrogens (tertiary/aromatic N) is 1. The summed E-state index contributed by atoms with van der Waals surface area (Å²) in [6.07, 6.45) is 2.23. The second-order valence-electron chi connectivity index (χ2n) is 5.88. The third kappa shape index (κ3) is 6.19. The third-order valence-electron chi connectivity index (χ3n) is 3.14. The Morgan fingerprint density at radius 3 is 2.60 bits per heavy atom. The van der Waals surface area contributed by atoms with E-state index in [0.717, 1.165) is 19.1 Å². The molecule has 1 aliphatic rings. The minimum atomic E-state index is -3.23. The molecule has 0 aromatic rings. The van der Waals surface area contributed by atoms with Crippen LogP contribution < -0.4 is 4.72 Å². The van der Waals surface area contributed by atoms with E-state index in [-0.39, 0.29) is 11.9 Å². The van der Waals surface area contributed by atoms with Crippen molar-refractivity contribution < 1.29 is 17.9 Å². The molecule has 1 amide bonds. The standard InChI is InChI=1S/C13H26N2O4S/c1-10(2)9-19-11(3)13(16)15-7-5-6-12(8-15)14-20(4,17)18/h10-12,14H,5-9H2,1-4H3/t11-,12+/m0/s1. The summed E-state index contributed by atoms with van der Waals surface area (Å²) >= 11 is 0. The van der Waals surface area contributed by atoms with E-state index in [2.05, 4.69) is 4.72 Å². The Labute approximate surface area is 121 Å². The Hall–Kier alpha value is -0.660. The first-order valence-electron chi connectivity index (χ1n) is 7.06. The molecule has 1 heterocycles. The zero-order chi connectivity index (χ0) is 15.3. The Kier molecular flexibility index (Phi) is 6.42. The number of amides is 1. The molecule has 1 fully saturated rings. The molecule has 20 heavy (non-hydrogen) atoms. The summed E-state index contributed by atoms with van der Waals surface area (Å²) < 4.78 is 30.6. The molecule has 0 unspecified atom stereocenters. The van der Waals surface area contributed by atoms with Gasteiger partial charge in [-0.3, -0.25) is 4.79 Å². The van der Waals surface area contributed by atoms with Gasteiger partial charge < -0.3 is 9.64 Å². The van der Waals surface area contributed by atoms with Crippen molar-refractivity contribution in [1.82, 2.24) is 9.62 Å². The highest BCUT2D eigenvalue weighted by atomic mass is 32.2. The van der Waals surface area contributed by atoms with E-state index in [0.29, 0.717) is 25.6 Å². The number of likely N-dealkylation sites (tertiary alicyclic amines) is 1. The van der Waals surface area contributed by atoms with E-state index < -0.39 is 16.1 Å².